The molecule has 0 spiro atoms. The van der Waals surface area contributed by atoms with Crippen molar-refractivity contribution in [1.29, 1.82) is 0 Å². The largest absolute Gasteiger partial charge is 0.368 e. The van der Waals surface area contributed by atoms with Crippen molar-refractivity contribution in [1.82, 2.24) is 15.3 Å². The van der Waals surface area contributed by atoms with Gasteiger partial charge in [-0.3, -0.25) is 10.1 Å². The van der Waals surface area contributed by atoms with Gasteiger partial charge in [-0.25, -0.2) is 9.97 Å². The molecule has 1 amide bonds. The number of primary amides is 1. The van der Waals surface area contributed by atoms with E-state index >= 15 is 0 Å². The highest BCUT2D eigenvalue weighted by Gasteiger charge is 2.24. The van der Waals surface area contributed by atoms with Crippen LogP contribution in [-0.2, 0) is 16.8 Å². The van der Waals surface area contributed by atoms with Crippen LogP contribution in [0.2, 0.25) is 0 Å². The molecule has 0 aliphatic carbocycles. The smallest absolute Gasteiger partial charge is 0.237 e. The molecule has 0 saturated carbocycles. The molecule has 0 unspecified atom stereocenters. The fourth-order valence-electron chi connectivity index (χ4n) is 1.24. The summed E-state index contributed by atoms with van der Waals surface area (Å²) in [6.07, 6.45) is 3.55. The molecule has 0 atom stereocenters. The maximum Gasteiger partial charge on any atom is 0.237 e. The number of nitrogens with two attached hydrogens (primary N) is 1. The number of hydrogen-bond acceptors (Lipinski definition) is 4. The van der Waals surface area contributed by atoms with Gasteiger partial charge in [0, 0.05) is 29.9 Å². The van der Waals surface area contributed by atoms with Crippen molar-refractivity contribution in [3.05, 3.63) is 23.8 Å². The van der Waals surface area contributed by atoms with Gasteiger partial charge in [0.2, 0.25) is 5.91 Å². The van der Waals surface area contributed by atoms with Gasteiger partial charge in [-0.1, -0.05) is 20.8 Å². The molecule has 100 valence electrons. The lowest BCUT2D eigenvalue weighted by Gasteiger charge is -2.22. The molecule has 5 nitrogen and oxygen atoms in total. The number of carbonyl (C=O) groups is 1. The van der Waals surface area contributed by atoms with Crippen molar-refractivity contribution < 1.29 is 4.79 Å². The Morgan fingerprint density at radius 3 is 2.11 bits per heavy atom. The first-order valence-corrected chi connectivity index (χ1v) is 5.99. The van der Waals surface area contributed by atoms with Crippen molar-refractivity contribution in [3.8, 4) is 0 Å². The van der Waals surface area contributed by atoms with Gasteiger partial charge in [-0.15, -0.1) is 0 Å². The third-order valence-corrected chi connectivity index (χ3v) is 2.73. The summed E-state index contributed by atoms with van der Waals surface area (Å²) < 4.78 is 0. The normalized spacial score (nSPS) is 12.5. The lowest BCUT2D eigenvalue weighted by atomic mass is 9.96. The quantitative estimate of drug-likeness (QED) is 0.839. The molecule has 0 aliphatic rings. The molecular weight excluding hydrogens is 228 g/mol. The highest BCUT2D eigenvalue weighted by atomic mass is 16.1. The predicted molar refractivity (Wildman–Crippen MR) is 70.8 cm³/mol. The zero-order valence-corrected chi connectivity index (χ0v) is 11.7. The minimum Gasteiger partial charge on any atom is -0.368 e. The molecule has 1 aromatic rings. The summed E-state index contributed by atoms with van der Waals surface area (Å²) in [6, 6.07) is 0. The Morgan fingerprint density at radius 2 is 1.72 bits per heavy atom. The van der Waals surface area contributed by atoms with E-state index in [1.54, 1.807) is 26.2 Å². The lowest BCUT2D eigenvalue weighted by molar-refractivity contribution is -0.123. The lowest BCUT2D eigenvalue weighted by Crippen LogP contribution is -2.50. The summed E-state index contributed by atoms with van der Waals surface area (Å²) in [4.78, 5) is 19.8. The van der Waals surface area contributed by atoms with E-state index in [1.807, 2.05) is 0 Å². The highest BCUT2D eigenvalue weighted by molar-refractivity contribution is 5.83. The Labute approximate surface area is 108 Å². The van der Waals surface area contributed by atoms with E-state index in [2.05, 4.69) is 36.1 Å². The van der Waals surface area contributed by atoms with Gasteiger partial charge in [0.25, 0.3) is 0 Å². The molecule has 0 fully saturated rings. The van der Waals surface area contributed by atoms with Crippen LogP contribution in [0.15, 0.2) is 12.4 Å². The Hall–Kier alpha value is -1.49. The third-order valence-electron chi connectivity index (χ3n) is 2.73. The molecular formula is C13H22N4O. The topological polar surface area (TPSA) is 80.9 Å². The number of nitrogens with zero attached hydrogens (tertiary/aromatic N) is 2. The summed E-state index contributed by atoms with van der Waals surface area (Å²) in [5.41, 5.74) is 5.42. The summed E-state index contributed by atoms with van der Waals surface area (Å²) in [5.74, 6) is 0.426. The van der Waals surface area contributed by atoms with Crippen LogP contribution >= 0.6 is 0 Å². The zero-order valence-electron chi connectivity index (χ0n) is 11.7. The van der Waals surface area contributed by atoms with Gasteiger partial charge in [0.1, 0.15) is 5.82 Å². The van der Waals surface area contributed by atoms with Gasteiger partial charge in [0.05, 0.1) is 5.54 Å². The molecule has 5 heteroatoms. The van der Waals surface area contributed by atoms with Crippen LogP contribution in [0.4, 0.5) is 0 Å². The van der Waals surface area contributed by atoms with E-state index < -0.39 is 5.54 Å². The molecule has 0 radical (unpaired) electrons. The Bertz CT molecular complexity index is 418. The number of hydrogen-bond donors (Lipinski definition) is 2. The second-order valence-electron chi connectivity index (χ2n) is 6.01. The monoisotopic (exact) mass is 250 g/mol. The van der Waals surface area contributed by atoms with Crippen LogP contribution < -0.4 is 11.1 Å². The van der Waals surface area contributed by atoms with Crippen LogP contribution in [0.3, 0.4) is 0 Å². The van der Waals surface area contributed by atoms with Crippen molar-refractivity contribution in [2.24, 2.45) is 5.73 Å². The van der Waals surface area contributed by atoms with Gasteiger partial charge >= 0.3 is 0 Å². The highest BCUT2D eigenvalue weighted by Crippen LogP contribution is 2.17. The molecule has 1 rings (SSSR count). The summed E-state index contributed by atoms with van der Waals surface area (Å²) in [6.45, 7) is 10.2. The number of rotatable bonds is 4. The first-order valence-electron chi connectivity index (χ1n) is 5.99. The Balaban J connectivity index is 2.68. The summed E-state index contributed by atoms with van der Waals surface area (Å²) in [5, 5.41) is 3.08. The van der Waals surface area contributed by atoms with Crippen LogP contribution in [0.5, 0.6) is 0 Å². The SMILES string of the molecule is CC(C)(NCc1cnc(C(C)(C)C)nc1)C(N)=O. The predicted octanol–water partition coefficient (Wildman–Crippen LogP) is 1.13. The second-order valence-corrected chi connectivity index (χ2v) is 6.01. The van der Waals surface area contributed by atoms with Crippen LogP contribution in [0, 0.1) is 0 Å². The fraction of sp³-hybridized carbons (Fsp3) is 0.615. The van der Waals surface area contributed by atoms with Gasteiger partial charge in [-0.05, 0) is 13.8 Å². The van der Waals surface area contributed by atoms with Crippen LogP contribution in [0.1, 0.15) is 46.0 Å². The molecule has 18 heavy (non-hydrogen) atoms. The molecule has 0 aliphatic heterocycles. The van der Waals surface area contributed by atoms with Crippen LogP contribution in [-0.4, -0.2) is 21.4 Å². The van der Waals surface area contributed by atoms with E-state index in [4.69, 9.17) is 5.73 Å². The number of nitrogens with one attached hydrogen (secondary N) is 1. The first-order chi connectivity index (χ1) is 8.13. The Kier molecular flexibility index (Phi) is 4.06. The van der Waals surface area contributed by atoms with E-state index in [0.29, 0.717) is 6.54 Å². The van der Waals surface area contributed by atoms with Gasteiger partial charge in [-0.2, -0.15) is 0 Å². The third kappa shape index (κ3) is 3.77. The van der Waals surface area contributed by atoms with Crippen LogP contribution in [0.25, 0.3) is 0 Å². The van der Waals surface area contributed by atoms with E-state index in [0.717, 1.165) is 11.4 Å². The molecule has 0 saturated heterocycles. The van der Waals surface area contributed by atoms with E-state index in [1.165, 1.54) is 0 Å². The second kappa shape index (κ2) is 5.02. The summed E-state index contributed by atoms with van der Waals surface area (Å²) in [7, 11) is 0. The molecule has 1 heterocycles. The number of amides is 1. The zero-order chi connectivity index (χ0) is 14.0. The molecule has 3 N–H and O–H groups in total. The fourth-order valence-corrected chi connectivity index (χ4v) is 1.24. The molecule has 0 aromatic carbocycles. The average Bonchev–Trinajstić information content (AvgIpc) is 2.25. The van der Waals surface area contributed by atoms with Gasteiger partial charge in [0.15, 0.2) is 0 Å². The maximum atomic E-state index is 11.2. The standard InChI is InChI=1S/C13H22N4O/c1-12(2,3)11-15-6-9(7-16-11)8-17-13(4,5)10(14)18/h6-7,17H,8H2,1-5H3,(H2,14,18). The minimum absolute atomic E-state index is 0.0571. The maximum absolute atomic E-state index is 11.2. The Morgan fingerprint density at radius 1 is 1.22 bits per heavy atom. The van der Waals surface area contributed by atoms with Crippen molar-refractivity contribution in [3.63, 3.8) is 0 Å². The summed E-state index contributed by atoms with van der Waals surface area (Å²) >= 11 is 0. The molecule has 1 aromatic heterocycles. The van der Waals surface area contributed by atoms with E-state index in [-0.39, 0.29) is 11.3 Å². The number of aromatic nitrogens is 2. The minimum atomic E-state index is -0.733. The first kappa shape index (κ1) is 14.6. The van der Waals surface area contributed by atoms with E-state index in [9.17, 15) is 4.79 Å². The molecule has 0 bridgehead atoms. The number of carbonyl (C=O) groups excluding carboxylic acids is 1. The van der Waals surface area contributed by atoms with Crippen molar-refractivity contribution in [2.45, 2.75) is 52.1 Å². The van der Waals surface area contributed by atoms with Crippen molar-refractivity contribution in [2.75, 3.05) is 0 Å². The van der Waals surface area contributed by atoms with Gasteiger partial charge < -0.3 is 5.73 Å². The van der Waals surface area contributed by atoms with Crippen molar-refractivity contribution >= 4 is 5.91 Å². The average molecular weight is 250 g/mol.